The predicted molar refractivity (Wildman–Crippen MR) is 86.6 cm³/mol. The van der Waals surface area contributed by atoms with Gasteiger partial charge in [0.25, 0.3) is 0 Å². The second kappa shape index (κ2) is 5.53. The Morgan fingerprint density at radius 3 is 1.32 bits per heavy atom. The van der Waals surface area contributed by atoms with E-state index in [1.165, 1.54) is 11.1 Å². The van der Waals surface area contributed by atoms with E-state index < -0.39 is 12.2 Å². The molecule has 0 unspecified atom stereocenters. The maximum absolute atomic E-state index is 10.2. The molecule has 0 spiro atoms. The van der Waals surface area contributed by atoms with Gasteiger partial charge in [-0.3, -0.25) is 0 Å². The summed E-state index contributed by atoms with van der Waals surface area (Å²) in [7, 11) is 0. The highest BCUT2D eigenvalue weighted by Gasteiger charge is 2.55. The topological polar surface area (TPSA) is 40.5 Å². The van der Waals surface area contributed by atoms with Crippen molar-refractivity contribution in [3.05, 3.63) is 71.8 Å². The highest BCUT2D eigenvalue weighted by molar-refractivity contribution is 5.34. The molecule has 2 atom stereocenters. The van der Waals surface area contributed by atoms with Crippen LogP contribution < -0.4 is 0 Å². The van der Waals surface area contributed by atoms with E-state index in [4.69, 9.17) is 0 Å². The zero-order chi connectivity index (χ0) is 15.1. The van der Waals surface area contributed by atoms with Crippen LogP contribution in [0.3, 0.4) is 0 Å². The summed E-state index contributed by atoms with van der Waals surface area (Å²) < 4.78 is 0. The minimum absolute atomic E-state index is 0.418. The molecule has 0 heterocycles. The smallest absolute Gasteiger partial charge is 0.0802 e. The first-order chi connectivity index (χ1) is 10.8. The monoisotopic (exact) mass is 294 g/mol. The molecule has 3 fully saturated rings. The third-order valence-corrected chi connectivity index (χ3v) is 5.69. The lowest BCUT2D eigenvalue weighted by atomic mass is 9.52. The van der Waals surface area contributed by atoms with Crippen LogP contribution in [0.2, 0.25) is 0 Å². The van der Waals surface area contributed by atoms with E-state index in [2.05, 4.69) is 48.5 Å². The Morgan fingerprint density at radius 2 is 0.955 bits per heavy atom. The quantitative estimate of drug-likeness (QED) is 0.892. The Balaban J connectivity index is 1.71. The molecule has 0 aliphatic heterocycles. The lowest BCUT2D eigenvalue weighted by molar-refractivity contribution is 0.0148. The first kappa shape index (κ1) is 14.0. The Kier molecular flexibility index (Phi) is 3.51. The third-order valence-electron chi connectivity index (χ3n) is 5.69. The lowest BCUT2D eigenvalue weighted by Gasteiger charge is -2.52. The second-order valence-electron chi connectivity index (χ2n) is 6.81. The van der Waals surface area contributed by atoms with Gasteiger partial charge in [-0.15, -0.1) is 0 Å². The van der Waals surface area contributed by atoms with Crippen molar-refractivity contribution in [2.24, 2.45) is 11.8 Å². The van der Waals surface area contributed by atoms with E-state index >= 15 is 0 Å². The number of aliphatic hydroxyl groups excluding tert-OH is 2. The molecule has 114 valence electrons. The number of fused-ring (bicyclic) bond motifs is 3. The molecule has 3 aliphatic rings. The van der Waals surface area contributed by atoms with Crippen molar-refractivity contribution in [1.82, 2.24) is 0 Å². The molecule has 0 aromatic heterocycles. The van der Waals surface area contributed by atoms with Crippen LogP contribution >= 0.6 is 0 Å². The van der Waals surface area contributed by atoms with Crippen LogP contribution in [0.5, 0.6) is 0 Å². The number of rotatable bonds is 2. The summed E-state index contributed by atoms with van der Waals surface area (Å²) in [6, 6.07) is 21.2. The standard InChI is InChI=1S/C20H22O2/c21-17-11-15-19(13-7-3-1-4-8-13)16(12-18(17)22)20(15)14-9-5-2-6-10-14/h1-10,15-22H,11-12H2/t15?,16?,17-,18-,19?,20?/m0/s1. The Hall–Kier alpha value is -1.64. The van der Waals surface area contributed by atoms with Crippen LogP contribution in [-0.4, -0.2) is 22.4 Å². The normalized spacial score (nSPS) is 37.2. The van der Waals surface area contributed by atoms with Crippen molar-refractivity contribution >= 4 is 0 Å². The van der Waals surface area contributed by atoms with Crippen molar-refractivity contribution in [1.29, 1.82) is 0 Å². The highest BCUT2D eigenvalue weighted by atomic mass is 16.3. The fourth-order valence-corrected chi connectivity index (χ4v) is 4.73. The molecular weight excluding hydrogens is 272 g/mol. The van der Waals surface area contributed by atoms with Crippen molar-refractivity contribution in [3.8, 4) is 0 Å². The zero-order valence-corrected chi connectivity index (χ0v) is 12.5. The first-order valence-electron chi connectivity index (χ1n) is 8.21. The van der Waals surface area contributed by atoms with Gasteiger partial charge in [-0.1, -0.05) is 60.7 Å². The summed E-state index contributed by atoms with van der Waals surface area (Å²) in [5.74, 6) is 1.75. The van der Waals surface area contributed by atoms with Crippen LogP contribution in [0.25, 0.3) is 0 Å². The van der Waals surface area contributed by atoms with E-state index in [1.54, 1.807) is 0 Å². The molecule has 0 radical (unpaired) electrons. The van der Waals surface area contributed by atoms with Crippen molar-refractivity contribution < 1.29 is 10.2 Å². The maximum atomic E-state index is 10.2. The molecule has 2 bridgehead atoms. The van der Waals surface area contributed by atoms with Gasteiger partial charge in [0.05, 0.1) is 12.2 Å². The summed E-state index contributed by atoms with van der Waals surface area (Å²) in [5, 5.41) is 20.5. The van der Waals surface area contributed by atoms with Gasteiger partial charge >= 0.3 is 0 Å². The molecule has 3 saturated carbocycles. The summed E-state index contributed by atoms with van der Waals surface area (Å²) >= 11 is 0. The second-order valence-corrected chi connectivity index (χ2v) is 6.81. The maximum Gasteiger partial charge on any atom is 0.0802 e. The molecule has 2 nitrogen and oxygen atoms in total. The largest absolute Gasteiger partial charge is 0.390 e. The summed E-state index contributed by atoms with van der Waals surface area (Å²) in [6.45, 7) is 0. The van der Waals surface area contributed by atoms with Crippen molar-refractivity contribution in [2.45, 2.75) is 36.9 Å². The molecule has 2 aromatic carbocycles. The molecule has 3 aliphatic carbocycles. The fraction of sp³-hybridized carbons (Fsp3) is 0.400. The average molecular weight is 294 g/mol. The SMILES string of the molecule is O[C@H]1CC2C(c3ccccc3)C(C[C@@H]1O)C2c1ccccc1. The average Bonchev–Trinajstić information content (AvgIpc) is 2.75. The molecule has 0 saturated heterocycles. The molecule has 0 amide bonds. The fourth-order valence-electron chi connectivity index (χ4n) is 4.73. The molecule has 2 heteroatoms. The molecule has 5 rings (SSSR count). The van der Waals surface area contributed by atoms with Gasteiger partial charge in [-0.25, -0.2) is 0 Å². The van der Waals surface area contributed by atoms with E-state index in [0.717, 1.165) is 0 Å². The summed E-state index contributed by atoms with van der Waals surface area (Å²) in [4.78, 5) is 0. The number of hydrogen-bond donors (Lipinski definition) is 2. The van der Waals surface area contributed by atoms with Crippen molar-refractivity contribution in [2.75, 3.05) is 0 Å². The predicted octanol–water partition coefficient (Wildman–Crippen LogP) is 3.32. The van der Waals surface area contributed by atoms with Crippen LogP contribution in [0.1, 0.15) is 35.8 Å². The van der Waals surface area contributed by atoms with Crippen LogP contribution in [0.15, 0.2) is 60.7 Å². The van der Waals surface area contributed by atoms with Crippen LogP contribution in [-0.2, 0) is 0 Å². The van der Waals surface area contributed by atoms with Crippen molar-refractivity contribution in [3.63, 3.8) is 0 Å². The summed E-state index contributed by atoms with van der Waals surface area (Å²) in [6.07, 6.45) is 0.206. The van der Waals surface area contributed by atoms with Crippen LogP contribution in [0.4, 0.5) is 0 Å². The van der Waals surface area contributed by atoms with Crippen LogP contribution in [0, 0.1) is 11.8 Å². The minimum atomic E-state index is -0.588. The first-order valence-corrected chi connectivity index (χ1v) is 8.21. The lowest BCUT2D eigenvalue weighted by Crippen LogP contribution is -2.42. The van der Waals surface area contributed by atoms with E-state index in [1.807, 2.05) is 12.1 Å². The van der Waals surface area contributed by atoms with Gasteiger partial charge in [0.15, 0.2) is 0 Å². The van der Waals surface area contributed by atoms with Gasteiger partial charge in [-0.2, -0.15) is 0 Å². The number of aliphatic hydroxyl groups is 2. The number of hydrogen-bond acceptors (Lipinski definition) is 2. The Morgan fingerprint density at radius 1 is 0.591 bits per heavy atom. The molecule has 2 aromatic rings. The highest BCUT2D eigenvalue weighted by Crippen LogP contribution is 2.62. The van der Waals surface area contributed by atoms with E-state index in [-0.39, 0.29) is 0 Å². The Bertz CT molecular complexity index is 559. The van der Waals surface area contributed by atoms with Gasteiger partial charge in [-0.05, 0) is 47.6 Å². The molecular formula is C20H22O2. The van der Waals surface area contributed by atoms with E-state index in [9.17, 15) is 10.2 Å². The van der Waals surface area contributed by atoms with Gasteiger partial charge in [0.1, 0.15) is 0 Å². The van der Waals surface area contributed by atoms with Gasteiger partial charge in [0, 0.05) is 0 Å². The zero-order valence-electron chi connectivity index (χ0n) is 12.5. The number of benzene rings is 2. The third kappa shape index (κ3) is 2.18. The van der Waals surface area contributed by atoms with Gasteiger partial charge in [0.2, 0.25) is 0 Å². The minimum Gasteiger partial charge on any atom is -0.390 e. The molecule has 22 heavy (non-hydrogen) atoms. The van der Waals surface area contributed by atoms with Gasteiger partial charge < -0.3 is 10.2 Å². The molecule has 2 N–H and O–H groups in total. The van der Waals surface area contributed by atoms with E-state index in [0.29, 0.717) is 36.5 Å². The summed E-state index contributed by atoms with van der Waals surface area (Å²) in [5.41, 5.74) is 2.71. The Labute approximate surface area is 131 Å².